The zero-order chi connectivity index (χ0) is 19.8. The number of halogens is 1. The molecule has 0 aliphatic carbocycles. The first kappa shape index (κ1) is 17.9. The van der Waals surface area contributed by atoms with Crippen LogP contribution in [-0.2, 0) is 0 Å². The lowest BCUT2D eigenvalue weighted by molar-refractivity contribution is 0.0998. The van der Waals surface area contributed by atoms with Gasteiger partial charge < -0.3 is 11.1 Å². The number of carbonyl (C=O) groups excluding carboxylic acids is 2. The topological polar surface area (TPSA) is 89.5 Å². The van der Waals surface area contributed by atoms with Crippen molar-refractivity contribution >= 4 is 33.8 Å². The van der Waals surface area contributed by atoms with Crippen molar-refractivity contribution in [2.45, 2.75) is 6.92 Å². The van der Waals surface area contributed by atoms with Crippen molar-refractivity contribution in [2.75, 3.05) is 5.32 Å². The van der Waals surface area contributed by atoms with Crippen LogP contribution < -0.4 is 11.1 Å². The summed E-state index contributed by atoms with van der Waals surface area (Å²) in [6.07, 6.45) is 1.83. The van der Waals surface area contributed by atoms with Crippen LogP contribution >= 0.6 is 11.3 Å². The Bertz CT molecular complexity index is 1190. The third-order valence-electron chi connectivity index (χ3n) is 4.33. The fourth-order valence-corrected chi connectivity index (χ4v) is 3.83. The molecular formula is C20H15FN4O2S. The molecule has 2 aromatic carbocycles. The average Bonchev–Trinajstić information content (AvgIpc) is 3.22. The van der Waals surface area contributed by atoms with Gasteiger partial charge in [0.2, 0.25) is 5.91 Å². The zero-order valence-corrected chi connectivity index (χ0v) is 15.6. The van der Waals surface area contributed by atoms with E-state index in [4.69, 9.17) is 5.73 Å². The third-order valence-corrected chi connectivity index (χ3v) is 5.49. The summed E-state index contributed by atoms with van der Waals surface area (Å²) in [7, 11) is 0. The normalized spacial score (nSPS) is 10.9. The number of aryl methyl sites for hydroxylation is 1. The summed E-state index contributed by atoms with van der Waals surface area (Å²) < 4.78 is 14.9. The first-order valence-corrected chi connectivity index (χ1v) is 9.19. The molecule has 0 aliphatic heterocycles. The van der Waals surface area contributed by atoms with Crippen molar-refractivity contribution in [3.8, 4) is 11.3 Å². The number of hydrogen-bond donors (Lipinski definition) is 2. The van der Waals surface area contributed by atoms with E-state index < -0.39 is 5.91 Å². The number of rotatable bonds is 4. The highest BCUT2D eigenvalue weighted by atomic mass is 32.1. The maximum Gasteiger partial charge on any atom is 0.267 e. The number of thiazole rings is 1. The molecule has 0 aliphatic rings. The van der Waals surface area contributed by atoms with Crippen LogP contribution in [0.3, 0.4) is 0 Å². The lowest BCUT2D eigenvalue weighted by atomic mass is 10.2. The molecule has 4 aromatic rings. The smallest absolute Gasteiger partial charge is 0.267 e. The number of amides is 2. The van der Waals surface area contributed by atoms with E-state index in [0.29, 0.717) is 26.8 Å². The molecule has 2 aromatic heterocycles. The number of nitrogens with zero attached hydrogens (tertiary/aromatic N) is 2. The minimum atomic E-state index is -0.523. The van der Waals surface area contributed by atoms with Crippen molar-refractivity contribution in [1.82, 2.24) is 9.38 Å². The van der Waals surface area contributed by atoms with Gasteiger partial charge in [0, 0.05) is 28.7 Å². The van der Waals surface area contributed by atoms with Crippen LogP contribution in [0.5, 0.6) is 0 Å². The van der Waals surface area contributed by atoms with E-state index in [9.17, 15) is 14.0 Å². The summed E-state index contributed by atoms with van der Waals surface area (Å²) >= 11 is 1.27. The summed E-state index contributed by atoms with van der Waals surface area (Å²) in [4.78, 5) is 29.5. The van der Waals surface area contributed by atoms with Gasteiger partial charge in [-0.2, -0.15) is 0 Å². The van der Waals surface area contributed by atoms with Gasteiger partial charge in [0.05, 0.1) is 5.69 Å². The van der Waals surface area contributed by atoms with Crippen LogP contribution in [0.25, 0.3) is 16.2 Å². The van der Waals surface area contributed by atoms with Gasteiger partial charge in [-0.3, -0.25) is 14.0 Å². The van der Waals surface area contributed by atoms with E-state index in [1.807, 2.05) is 17.5 Å². The second-order valence-electron chi connectivity index (χ2n) is 6.20. The second-order valence-corrected chi connectivity index (χ2v) is 7.18. The number of nitrogens with one attached hydrogen (secondary N) is 1. The Kier molecular flexibility index (Phi) is 4.40. The molecule has 3 N–H and O–H groups in total. The standard InChI is InChI=1S/C20H15FN4O2S/c1-11-17(19(27)23-15-8-4-13(5-9-15)18(22)26)28-20-24-16(10-25(11)20)12-2-6-14(21)7-3-12/h2-10H,1H3,(H2,22,26)(H,23,27). The lowest BCUT2D eigenvalue weighted by Gasteiger charge is -2.05. The molecule has 0 atom stereocenters. The third kappa shape index (κ3) is 3.25. The van der Waals surface area contributed by atoms with Gasteiger partial charge in [-0.25, -0.2) is 9.37 Å². The Morgan fingerprint density at radius 1 is 1.11 bits per heavy atom. The van der Waals surface area contributed by atoms with Crippen LogP contribution in [-0.4, -0.2) is 21.2 Å². The highest BCUT2D eigenvalue weighted by molar-refractivity contribution is 7.19. The maximum absolute atomic E-state index is 13.1. The molecule has 0 unspecified atom stereocenters. The summed E-state index contributed by atoms with van der Waals surface area (Å²) in [6.45, 7) is 1.84. The van der Waals surface area contributed by atoms with Crippen molar-refractivity contribution in [3.63, 3.8) is 0 Å². The monoisotopic (exact) mass is 394 g/mol. The number of anilines is 1. The number of nitrogens with two attached hydrogens (primary N) is 1. The molecule has 28 heavy (non-hydrogen) atoms. The molecular weight excluding hydrogens is 379 g/mol. The van der Waals surface area contributed by atoms with E-state index in [2.05, 4.69) is 10.3 Å². The molecule has 0 spiro atoms. The van der Waals surface area contributed by atoms with Crippen molar-refractivity contribution in [1.29, 1.82) is 0 Å². The molecule has 140 valence electrons. The maximum atomic E-state index is 13.1. The summed E-state index contributed by atoms with van der Waals surface area (Å²) in [6, 6.07) is 12.5. The summed E-state index contributed by atoms with van der Waals surface area (Å²) in [5, 5.41) is 2.81. The Morgan fingerprint density at radius 2 is 1.79 bits per heavy atom. The minimum absolute atomic E-state index is 0.261. The highest BCUT2D eigenvalue weighted by Gasteiger charge is 2.18. The Balaban J connectivity index is 1.59. The Labute approximate surface area is 163 Å². The molecule has 2 amide bonds. The van der Waals surface area contributed by atoms with Gasteiger partial charge in [0.1, 0.15) is 10.7 Å². The van der Waals surface area contributed by atoms with E-state index in [0.717, 1.165) is 11.3 Å². The average molecular weight is 394 g/mol. The molecule has 6 nitrogen and oxygen atoms in total. The molecule has 0 saturated carbocycles. The predicted octanol–water partition coefficient (Wildman–Crippen LogP) is 3.86. The van der Waals surface area contributed by atoms with E-state index in [-0.39, 0.29) is 11.7 Å². The van der Waals surface area contributed by atoms with Crippen LogP contribution in [0.1, 0.15) is 25.7 Å². The number of benzene rings is 2. The van der Waals surface area contributed by atoms with Crippen molar-refractivity contribution in [2.24, 2.45) is 5.73 Å². The number of carbonyl (C=O) groups is 2. The van der Waals surface area contributed by atoms with Gasteiger partial charge >= 0.3 is 0 Å². The molecule has 2 heterocycles. The van der Waals surface area contributed by atoms with E-state index in [1.165, 1.54) is 23.5 Å². The molecule has 0 fully saturated rings. The largest absolute Gasteiger partial charge is 0.366 e. The van der Waals surface area contributed by atoms with Gasteiger partial charge in [-0.1, -0.05) is 11.3 Å². The lowest BCUT2D eigenvalue weighted by Crippen LogP contribution is -2.13. The van der Waals surface area contributed by atoms with Crippen molar-refractivity contribution < 1.29 is 14.0 Å². The number of hydrogen-bond acceptors (Lipinski definition) is 4. The quantitative estimate of drug-likeness (QED) is 0.551. The van der Waals surface area contributed by atoms with Crippen LogP contribution in [0.15, 0.2) is 54.7 Å². The van der Waals surface area contributed by atoms with Gasteiger partial charge in [0.15, 0.2) is 4.96 Å². The predicted molar refractivity (Wildman–Crippen MR) is 106 cm³/mol. The molecule has 0 radical (unpaired) electrons. The van der Waals surface area contributed by atoms with Gasteiger partial charge in [-0.05, 0) is 55.5 Å². The SMILES string of the molecule is Cc1c(C(=O)Nc2ccc(C(N)=O)cc2)sc2nc(-c3ccc(F)cc3)cn12. The fourth-order valence-electron chi connectivity index (χ4n) is 2.83. The van der Waals surface area contributed by atoms with Crippen LogP contribution in [0, 0.1) is 12.7 Å². The number of fused-ring (bicyclic) bond motifs is 1. The fraction of sp³-hybridized carbons (Fsp3) is 0.0500. The van der Waals surface area contributed by atoms with E-state index in [1.54, 1.807) is 36.4 Å². The van der Waals surface area contributed by atoms with Gasteiger partial charge in [0.25, 0.3) is 5.91 Å². The second kappa shape index (κ2) is 6.90. The van der Waals surface area contributed by atoms with Gasteiger partial charge in [-0.15, -0.1) is 0 Å². The van der Waals surface area contributed by atoms with E-state index >= 15 is 0 Å². The number of aromatic nitrogens is 2. The molecule has 4 rings (SSSR count). The van der Waals surface area contributed by atoms with Crippen molar-refractivity contribution in [3.05, 3.63) is 76.7 Å². The number of imidazole rings is 1. The highest BCUT2D eigenvalue weighted by Crippen LogP contribution is 2.28. The Morgan fingerprint density at radius 3 is 2.39 bits per heavy atom. The molecule has 0 saturated heterocycles. The minimum Gasteiger partial charge on any atom is -0.366 e. The van der Waals surface area contributed by atoms with Crippen LogP contribution in [0.2, 0.25) is 0 Å². The molecule has 8 heteroatoms. The molecule has 0 bridgehead atoms. The first-order valence-electron chi connectivity index (χ1n) is 8.38. The zero-order valence-electron chi connectivity index (χ0n) is 14.8. The van der Waals surface area contributed by atoms with Crippen LogP contribution in [0.4, 0.5) is 10.1 Å². The number of primary amides is 1. The summed E-state index contributed by atoms with van der Waals surface area (Å²) in [5.41, 5.74) is 8.42. The first-order chi connectivity index (χ1) is 13.4. The summed E-state index contributed by atoms with van der Waals surface area (Å²) in [5.74, 6) is -1.09. The Hall–Kier alpha value is -3.52.